The van der Waals surface area contributed by atoms with Gasteiger partial charge in [0.15, 0.2) is 0 Å². The quantitative estimate of drug-likeness (QED) is 0.726. The zero-order valence-electron chi connectivity index (χ0n) is 10.8. The Bertz CT molecular complexity index is 400. The van der Waals surface area contributed by atoms with Crippen LogP contribution in [0.15, 0.2) is 24.3 Å². The van der Waals surface area contributed by atoms with Crippen molar-refractivity contribution in [2.24, 2.45) is 5.92 Å². The summed E-state index contributed by atoms with van der Waals surface area (Å²) in [5, 5.41) is 0. The zero-order chi connectivity index (χ0) is 12.3. The number of likely N-dealkylation sites (tertiary alicyclic amines) is 1. The van der Waals surface area contributed by atoms with Crippen molar-refractivity contribution in [3.63, 3.8) is 0 Å². The van der Waals surface area contributed by atoms with E-state index in [-0.39, 0.29) is 5.91 Å². The second-order valence-electron chi connectivity index (χ2n) is 5.14. The van der Waals surface area contributed by atoms with Crippen LogP contribution in [0.1, 0.15) is 42.1 Å². The number of hydrogen-bond acceptors (Lipinski definition) is 1. The molecule has 0 N–H and O–H groups in total. The first kappa shape index (κ1) is 12.2. The van der Waals surface area contributed by atoms with Gasteiger partial charge in [-0.1, -0.05) is 25.1 Å². The van der Waals surface area contributed by atoms with Gasteiger partial charge < -0.3 is 4.90 Å². The molecule has 1 heterocycles. The van der Waals surface area contributed by atoms with Gasteiger partial charge in [-0.25, -0.2) is 0 Å². The maximum absolute atomic E-state index is 12.4. The summed E-state index contributed by atoms with van der Waals surface area (Å²) in [5.41, 5.74) is 1.94. The fraction of sp³-hybridized carbons (Fsp3) is 0.533. The Balaban J connectivity index is 2.12. The van der Waals surface area contributed by atoms with Gasteiger partial charge in [0, 0.05) is 18.7 Å². The first-order chi connectivity index (χ1) is 8.18. The van der Waals surface area contributed by atoms with E-state index < -0.39 is 0 Å². The average Bonchev–Trinajstić information content (AvgIpc) is 2.54. The van der Waals surface area contributed by atoms with E-state index in [1.165, 1.54) is 6.42 Å². The Morgan fingerprint density at radius 1 is 1.24 bits per heavy atom. The monoisotopic (exact) mass is 231 g/mol. The number of hydrogen-bond donors (Lipinski definition) is 0. The summed E-state index contributed by atoms with van der Waals surface area (Å²) in [4.78, 5) is 14.4. The zero-order valence-corrected chi connectivity index (χ0v) is 10.8. The molecule has 0 saturated carbocycles. The van der Waals surface area contributed by atoms with Crippen molar-refractivity contribution >= 4 is 5.91 Å². The third-order valence-electron chi connectivity index (χ3n) is 3.68. The van der Waals surface area contributed by atoms with E-state index in [2.05, 4.69) is 6.92 Å². The summed E-state index contributed by atoms with van der Waals surface area (Å²) in [5.74, 6) is 0.960. The average molecular weight is 231 g/mol. The fourth-order valence-corrected chi connectivity index (χ4v) is 2.45. The minimum Gasteiger partial charge on any atom is -0.339 e. The van der Waals surface area contributed by atoms with Gasteiger partial charge in [0.2, 0.25) is 0 Å². The SMILES string of the molecule is Cc1ccccc1C(=O)N1CCCC(C)CC1. The Hall–Kier alpha value is -1.31. The molecule has 1 aliphatic rings. The molecule has 92 valence electrons. The Morgan fingerprint density at radius 3 is 2.76 bits per heavy atom. The topological polar surface area (TPSA) is 20.3 Å². The molecule has 1 saturated heterocycles. The predicted octanol–water partition coefficient (Wildman–Crippen LogP) is 3.26. The molecule has 0 spiro atoms. The van der Waals surface area contributed by atoms with Gasteiger partial charge in [-0.2, -0.15) is 0 Å². The second-order valence-corrected chi connectivity index (χ2v) is 5.14. The Morgan fingerprint density at radius 2 is 2.00 bits per heavy atom. The third kappa shape index (κ3) is 2.87. The maximum Gasteiger partial charge on any atom is 0.254 e. The molecule has 2 rings (SSSR count). The predicted molar refractivity (Wildman–Crippen MR) is 70.1 cm³/mol. The van der Waals surface area contributed by atoms with Crippen LogP contribution < -0.4 is 0 Å². The van der Waals surface area contributed by atoms with E-state index in [9.17, 15) is 4.79 Å². The van der Waals surface area contributed by atoms with Crippen molar-refractivity contribution in [1.29, 1.82) is 0 Å². The molecule has 1 aromatic carbocycles. The molecule has 1 unspecified atom stereocenters. The number of rotatable bonds is 1. The molecule has 0 radical (unpaired) electrons. The molecule has 0 aromatic heterocycles. The van der Waals surface area contributed by atoms with E-state index in [4.69, 9.17) is 0 Å². The molecular weight excluding hydrogens is 210 g/mol. The molecule has 1 fully saturated rings. The normalized spacial score (nSPS) is 21.1. The van der Waals surface area contributed by atoms with Crippen molar-refractivity contribution in [2.75, 3.05) is 13.1 Å². The van der Waals surface area contributed by atoms with E-state index >= 15 is 0 Å². The highest BCUT2D eigenvalue weighted by atomic mass is 16.2. The van der Waals surface area contributed by atoms with E-state index in [0.29, 0.717) is 0 Å². The highest BCUT2D eigenvalue weighted by molar-refractivity contribution is 5.95. The van der Waals surface area contributed by atoms with Gasteiger partial charge in [-0.15, -0.1) is 0 Å². The highest BCUT2D eigenvalue weighted by Gasteiger charge is 2.20. The van der Waals surface area contributed by atoms with Gasteiger partial charge >= 0.3 is 0 Å². The fourth-order valence-electron chi connectivity index (χ4n) is 2.45. The molecule has 1 aliphatic heterocycles. The summed E-state index contributed by atoms with van der Waals surface area (Å²) >= 11 is 0. The molecule has 17 heavy (non-hydrogen) atoms. The Kier molecular flexibility index (Phi) is 3.82. The molecule has 2 heteroatoms. The van der Waals surface area contributed by atoms with Gasteiger partial charge in [0.1, 0.15) is 0 Å². The largest absolute Gasteiger partial charge is 0.339 e. The van der Waals surface area contributed by atoms with Crippen molar-refractivity contribution in [3.8, 4) is 0 Å². The minimum absolute atomic E-state index is 0.206. The molecule has 0 bridgehead atoms. The summed E-state index contributed by atoms with van der Waals surface area (Å²) in [6.07, 6.45) is 3.52. The van der Waals surface area contributed by atoms with Crippen LogP contribution >= 0.6 is 0 Å². The molecule has 1 aromatic rings. The number of nitrogens with zero attached hydrogens (tertiary/aromatic N) is 1. The lowest BCUT2D eigenvalue weighted by atomic mass is 10.0. The number of carbonyl (C=O) groups is 1. The van der Waals surface area contributed by atoms with E-state index in [1.54, 1.807) is 0 Å². The first-order valence-electron chi connectivity index (χ1n) is 6.53. The molecule has 2 nitrogen and oxygen atoms in total. The first-order valence-corrected chi connectivity index (χ1v) is 6.53. The van der Waals surface area contributed by atoms with Crippen LogP contribution in [0.5, 0.6) is 0 Å². The lowest BCUT2D eigenvalue weighted by Crippen LogP contribution is -2.32. The molecular formula is C15H21NO. The van der Waals surface area contributed by atoms with Gasteiger partial charge in [-0.05, 0) is 43.7 Å². The van der Waals surface area contributed by atoms with Crippen LogP contribution in [0.3, 0.4) is 0 Å². The van der Waals surface area contributed by atoms with Crippen LogP contribution in [-0.4, -0.2) is 23.9 Å². The van der Waals surface area contributed by atoms with E-state index in [1.807, 2.05) is 36.1 Å². The highest BCUT2D eigenvalue weighted by Crippen LogP contribution is 2.19. The Labute approximate surface area is 104 Å². The van der Waals surface area contributed by atoms with Crippen molar-refractivity contribution < 1.29 is 4.79 Å². The van der Waals surface area contributed by atoms with Crippen molar-refractivity contribution in [1.82, 2.24) is 4.90 Å². The number of carbonyl (C=O) groups excluding carboxylic acids is 1. The lowest BCUT2D eigenvalue weighted by molar-refractivity contribution is 0.0759. The third-order valence-corrected chi connectivity index (χ3v) is 3.68. The van der Waals surface area contributed by atoms with E-state index in [0.717, 1.165) is 43.0 Å². The summed E-state index contributed by atoms with van der Waals surface area (Å²) in [7, 11) is 0. The summed E-state index contributed by atoms with van der Waals surface area (Å²) in [6.45, 7) is 6.11. The van der Waals surface area contributed by atoms with Gasteiger partial charge in [-0.3, -0.25) is 4.79 Å². The van der Waals surface area contributed by atoms with Crippen LogP contribution in [0.25, 0.3) is 0 Å². The van der Waals surface area contributed by atoms with Crippen molar-refractivity contribution in [3.05, 3.63) is 35.4 Å². The minimum atomic E-state index is 0.206. The van der Waals surface area contributed by atoms with Crippen LogP contribution in [0.2, 0.25) is 0 Å². The smallest absolute Gasteiger partial charge is 0.254 e. The lowest BCUT2D eigenvalue weighted by Gasteiger charge is -2.21. The van der Waals surface area contributed by atoms with Gasteiger partial charge in [0.25, 0.3) is 5.91 Å². The maximum atomic E-state index is 12.4. The number of amides is 1. The molecule has 1 atom stereocenters. The van der Waals surface area contributed by atoms with Crippen LogP contribution in [-0.2, 0) is 0 Å². The molecule has 1 amide bonds. The van der Waals surface area contributed by atoms with Gasteiger partial charge in [0.05, 0.1) is 0 Å². The summed E-state index contributed by atoms with van der Waals surface area (Å²) < 4.78 is 0. The van der Waals surface area contributed by atoms with Crippen LogP contribution in [0.4, 0.5) is 0 Å². The standard InChI is InChI=1S/C15H21NO/c1-12-6-5-10-16(11-9-12)15(17)14-8-4-3-7-13(14)2/h3-4,7-8,12H,5-6,9-11H2,1-2H3. The van der Waals surface area contributed by atoms with Crippen LogP contribution in [0, 0.1) is 12.8 Å². The summed E-state index contributed by atoms with van der Waals surface area (Å²) in [6, 6.07) is 7.87. The number of benzene rings is 1. The molecule has 0 aliphatic carbocycles. The van der Waals surface area contributed by atoms with Crippen molar-refractivity contribution in [2.45, 2.75) is 33.1 Å². The number of aryl methyl sites for hydroxylation is 1. The second kappa shape index (κ2) is 5.35.